The van der Waals surface area contributed by atoms with Gasteiger partial charge in [0.1, 0.15) is 5.82 Å². The molecule has 2 aromatic carbocycles. The number of hydrogen-bond acceptors (Lipinski definition) is 4. The third-order valence-corrected chi connectivity index (χ3v) is 5.80. The van der Waals surface area contributed by atoms with Crippen LogP contribution in [0.1, 0.15) is 28.1 Å². The van der Waals surface area contributed by atoms with Crippen molar-refractivity contribution in [2.45, 2.75) is 31.2 Å². The third kappa shape index (κ3) is 3.88. The summed E-state index contributed by atoms with van der Waals surface area (Å²) in [4.78, 5) is 9.12. The highest BCUT2D eigenvalue weighted by atomic mass is 35.5. The lowest BCUT2D eigenvalue weighted by Gasteiger charge is -2.10. The molecule has 0 amide bonds. The lowest BCUT2D eigenvalue weighted by atomic mass is 10.0. The Morgan fingerprint density at radius 2 is 1.79 bits per heavy atom. The molecule has 2 aromatic heterocycles. The number of rotatable bonds is 5. The van der Waals surface area contributed by atoms with Gasteiger partial charge in [-0.2, -0.15) is 4.98 Å². The number of fused-ring (bicyclic) bond motifs is 1. The van der Waals surface area contributed by atoms with Gasteiger partial charge in [0.15, 0.2) is 0 Å². The Hall–Kier alpha value is -2.44. The second-order valence-electron chi connectivity index (χ2n) is 6.55. The predicted molar refractivity (Wildman–Crippen MR) is 110 cm³/mol. The van der Waals surface area contributed by atoms with E-state index in [-0.39, 0.29) is 5.82 Å². The van der Waals surface area contributed by atoms with Crippen LogP contribution in [-0.2, 0) is 12.2 Å². The van der Waals surface area contributed by atoms with Crippen LogP contribution in [0.25, 0.3) is 5.78 Å². The number of thioether (sulfide) groups is 1. The van der Waals surface area contributed by atoms with E-state index in [2.05, 4.69) is 15.1 Å². The molecule has 0 aliphatic heterocycles. The molecular formula is C21H18ClFN4S. The first-order valence-corrected chi connectivity index (χ1v) is 10.2. The molecule has 0 N–H and O–H groups in total. The van der Waals surface area contributed by atoms with Crippen LogP contribution < -0.4 is 0 Å². The lowest BCUT2D eigenvalue weighted by molar-refractivity contribution is 0.613. The second kappa shape index (κ2) is 7.89. The van der Waals surface area contributed by atoms with Gasteiger partial charge in [-0.1, -0.05) is 53.7 Å². The maximum absolute atomic E-state index is 14.1. The standard InChI is InChI=1S/C21H18ClFN4S/c1-13-18(11-16-5-3-4-6-19(16)23)14(2)27-20(24-13)25-21(26-27)28-12-15-7-9-17(22)10-8-15/h3-10H,11-12H2,1-2H3. The zero-order valence-corrected chi connectivity index (χ0v) is 17.1. The maximum Gasteiger partial charge on any atom is 0.253 e. The largest absolute Gasteiger partial charge is 0.253 e. The Bertz CT molecular complexity index is 1140. The monoisotopic (exact) mass is 412 g/mol. The van der Waals surface area contributed by atoms with E-state index in [1.165, 1.54) is 6.07 Å². The summed E-state index contributed by atoms with van der Waals surface area (Å²) in [6.45, 7) is 3.90. The van der Waals surface area contributed by atoms with Gasteiger partial charge in [-0.15, -0.1) is 5.10 Å². The van der Waals surface area contributed by atoms with Crippen molar-refractivity contribution >= 4 is 29.1 Å². The fourth-order valence-electron chi connectivity index (χ4n) is 3.07. The molecule has 0 aliphatic carbocycles. The Morgan fingerprint density at radius 1 is 1.04 bits per heavy atom. The first-order valence-electron chi connectivity index (χ1n) is 8.85. The number of aryl methyl sites for hydroxylation is 2. The summed E-state index contributed by atoms with van der Waals surface area (Å²) >= 11 is 7.48. The van der Waals surface area contributed by atoms with Gasteiger partial charge in [0.05, 0.1) is 0 Å². The van der Waals surface area contributed by atoms with Crippen LogP contribution in [0.5, 0.6) is 0 Å². The zero-order chi connectivity index (χ0) is 19.7. The summed E-state index contributed by atoms with van der Waals surface area (Å²) in [5.41, 5.74) is 4.53. The van der Waals surface area contributed by atoms with Crippen LogP contribution in [0.4, 0.5) is 4.39 Å². The molecule has 0 radical (unpaired) electrons. The SMILES string of the molecule is Cc1nc2nc(SCc3ccc(Cl)cc3)nn2c(C)c1Cc1ccccc1F. The van der Waals surface area contributed by atoms with E-state index in [4.69, 9.17) is 11.6 Å². The molecule has 0 saturated carbocycles. The van der Waals surface area contributed by atoms with Gasteiger partial charge in [-0.3, -0.25) is 0 Å². The maximum atomic E-state index is 14.1. The molecule has 7 heteroatoms. The summed E-state index contributed by atoms with van der Waals surface area (Å²) in [6, 6.07) is 14.5. The van der Waals surface area contributed by atoms with Crippen molar-refractivity contribution in [3.05, 3.63) is 87.4 Å². The van der Waals surface area contributed by atoms with E-state index in [1.807, 2.05) is 44.2 Å². The van der Waals surface area contributed by atoms with Crippen LogP contribution in [0.3, 0.4) is 0 Å². The average molecular weight is 413 g/mol. The van der Waals surface area contributed by atoms with E-state index >= 15 is 0 Å². The summed E-state index contributed by atoms with van der Waals surface area (Å²) < 4.78 is 15.8. The van der Waals surface area contributed by atoms with Gasteiger partial charge in [0, 0.05) is 28.6 Å². The molecule has 4 rings (SSSR count). The van der Waals surface area contributed by atoms with Gasteiger partial charge >= 0.3 is 0 Å². The van der Waals surface area contributed by atoms with Crippen molar-refractivity contribution in [3.63, 3.8) is 0 Å². The van der Waals surface area contributed by atoms with Crippen molar-refractivity contribution in [3.8, 4) is 0 Å². The Morgan fingerprint density at radius 3 is 2.54 bits per heavy atom. The highest BCUT2D eigenvalue weighted by Crippen LogP contribution is 2.24. The van der Waals surface area contributed by atoms with Gasteiger partial charge in [0.25, 0.3) is 5.78 Å². The topological polar surface area (TPSA) is 43.1 Å². The van der Waals surface area contributed by atoms with Crippen LogP contribution in [-0.4, -0.2) is 19.6 Å². The fourth-order valence-corrected chi connectivity index (χ4v) is 3.97. The smallest absolute Gasteiger partial charge is 0.216 e. The molecule has 0 atom stereocenters. The van der Waals surface area contributed by atoms with Crippen molar-refractivity contribution in [2.75, 3.05) is 0 Å². The quantitative estimate of drug-likeness (QED) is 0.411. The van der Waals surface area contributed by atoms with E-state index in [1.54, 1.807) is 28.4 Å². The van der Waals surface area contributed by atoms with E-state index < -0.39 is 0 Å². The molecule has 28 heavy (non-hydrogen) atoms. The lowest BCUT2D eigenvalue weighted by Crippen LogP contribution is -2.07. The van der Waals surface area contributed by atoms with Crippen LogP contribution >= 0.6 is 23.4 Å². The molecule has 0 unspecified atom stereocenters. The summed E-state index contributed by atoms with van der Waals surface area (Å²) in [5.74, 6) is 1.10. The highest BCUT2D eigenvalue weighted by molar-refractivity contribution is 7.98. The normalized spacial score (nSPS) is 11.3. The molecule has 0 bridgehead atoms. The number of aromatic nitrogens is 4. The summed E-state index contributed by atoms with van der Waals surface area (Å²) in [6.07, 6.45) is 0.473. The number of benzene rings is 2. The Kier molecular flexibility index (Phi) is 5.33. The fraction of sp³-hybridized carbons (Fsp3) is 0.190. The van der Waals surface area contributed by atoms with Crippen LogP contribution in [0.15, 0.2) is 53.7 Å². The minimum atomic E-state index is -0.209. The minimum Gasteiger partial charge on any atom is -0.216 e. The third-order valence-electron chi connectivity index (χ3n) is 4.64. The Balaban J connectivity index is 1.61. The minimum absolute atomic E-state index is 0.209. The van der Waals surface area contributed by atoms with Gasteiger partial charge in [-0.25, -0.2) is 13.9 Å². The number of halogens is 2. The molecule has 0 saturated heterocycles. The highest BCUT2D eigenvalue weighted by Gasteiger charge is 2.15. The van der Waals surface area contributed by atoms with Gasteiger partial charge in [-0.05, 0) is 48.7 Å². The molecule has 2 heterocycles. The molecule has 0 spiro atoms. The Labute approximate surface area is 171 Å². The predicted octanol–water partition coefficient (Wildman–Crippen LogP) is 5.42. The molecule has 0 aliphatic rings. The molecule has 4 aromatic rings. The average Bonchev–Trinajstić information content (AvgIpc) is 3.09. The number of hydrogen-bond donors (Lipinski definition) is 0. The van der Waals surface area contributed by atoms with Crippen molar-refractivity contribution < 1.29 is 4.39 Å². The second-order valence-corrected chi connectivity index (χ2v) is 7.93. The van der Waals surface area contributed by atoms with E-state index in [0.29, 0.717) is 22.9 Å². The summed E-state index contributed by atoms with van der Waals surface area (Å²) in [5, 5.41) is 5.98. The molecule has 4 nitrogen and oxygen atoms in total. The number of nitrogens with zero attached hydrogens (tertiary/aromatic N) is 4. The van der Waals surface area contributed by atoms with E-state index in [0.717, 1.165) is 33.3 Å². The molecule has 0 fully saturated rings. The zero-order valence-electron chi connectivity index (χ0n) is 15.5. The van der Waals surface area contributed by atoms with Gasteiger partial charge in [0.2, 0.25) is 5.16 Å². The van der Waals surface area contributed by atoms with E-state index in [9.17, 15) is 4.39 Å². The van der Waals surface area contributed by atoms with Crippen LogP contribution in [0.2, 0.25) is 5.02 Å². The van der Waals surface area contributed by atoms with Gasteiger partial charge < -0.3 is 0 Å². The van der Waals surface area contributed by atoms with Crippen molar-refractivity contribution in [1.82, 2.24) is 19.6 Å². The molecular weight excluding hydrogens is 395 g/mol. The summed E-state index contributed by atoms with van der Waals surface area (Å²) in [7, 11) is 0. The van der Waals surface area contributed by atoms with Crippen molar-refractivity contribution in [1.29, 1.82) is 0 Å². The first-order chi connectivity index (χ1) is 13.5. The molecule has 142 valence electrons. The van der Waals surface area contributed by atoms with Crippen LogP contribution in [0, 0.1) is 19.7 Å². The first kappa shape index (κ1) is 18.9. The van der Waals surface area contributed by atoms with Crippen molar-refractivity contribution in [2.24, 2.45) is 0 Å².